The molecule has 4 aromatic rings. The van der Waals surface area contributed by atoms with Crippen molar-refractivity contribution in [2.24, 2.45) is 0 Å². The Bertz CT molecular complexity index is 1900. The second-order valence-corrected chi connectivity index (χ2v) is 13.1. The highest BCUT2D eigenvalue weighted by molar-refractivity contribution is 7.23. The lowest BCUT2D eigenvalue weighted by molar-refractivity contribution is 0.107. The summed E-state index contributed by atoms with van der Waals surface area (Å²) in [5, 5.41) is 9.68. The molecule has 2 fully saturated rings. The van der Waals surface area contributed by atoms with Gasteiger partial charge in [0.2, 0.25) is 0 Å². The van der Waals surface area contributed by atoms with Crippen LogP contribution in [0.15, 0.2) is 12.1 Å². The zero-order valence-electron chi connectivity index (χ0n) is 23.8. The molecular formula is C30H26ClF5N6O2S. The van der Waals surface area contributed by atoms with Crippen LogP contribution in [-0.2, 0) is 0 Å². The van der Waals surface area contributed by atoms with E-state index in [-0.39, 0.29) is 91.5 Å². The number of fused-ring (bicyclic) bond motifs is 2. The number of rotatable bonds is 6. The van der Waals surface area contributed by atoms with Crippen molar-refractivity contribution in [3.05, 3.63) is 34.4 Å². The molecule has 0 unspecified atom stereocenters. The molecule has 2 saturated heterocycles. The Kier molecular flexibility index (Phi) is 7.33. The highest BCUT2D eigenvalue weighted by Crippen LogP contribution is 2.51. The largest absolute Gasteiger partial charge is 0.489 e. The Balaban J connectivity index is 1.46. The maximum atomic E-state index is 16.9. The number of halogens is 6. The van der Waals surface area contributed by atoms with Crippen molar-refractivity contribution in [3.63, 3.8) is 0 Å². The number of nitrogens with zero attached hydrogens (tertiary/aromatic N) is 5. The van der Waals surface area contributed by atoms with Gasteiger partial charge in [0.05, 0.1) is 38.8 Å². The smallest absolute Gasteiger partial charge is 0.319 e. The molecule has 15 heteroatoms. The normalized spacial score (nSPS) is 23.0. The molecular weight excluding hydrogens is 639 g/mol. The van der Waals surface area contributed by atoms with Crippen molar-refractivity contribution in [3.8, 4) is 29.0 Å². The number of thiophene rings is 1. The van der Waals surface area contributed by atoms with Crippen LogP contribution in [0, 0.1) is 23.0 Å². The summed E-state index contributed by atoms with van der Waals surface area (Å²) in [5.41, 5.74) is 4.91. The van der Waals surface area contributed by atoms with Crippen molar-refractivity contribution in [1.29, 1.82) is 5.26 Å². The van der Waals surface area contributed by atoms with E-state index in [2.05, 4.69) is 9.97 Å². The molecule has 0 spiro atoms. The quantitative estimate of drug-likeness (QED) is 0.227. The van der Waals surface area contributed by atoms with Gasteiger partial charge >= 0.3 is 6.01 Å². The monoisotopic (exact) mass is 664 g/mol. The van der Waals surface area contributed by atoms with Gasteiger partial charge in [-0.15, -0.1) is 11.3 Å². The zero-order chi connectivity index (χ0) is 31.8. The Labute approximate surface area is 263 Å². The third-order valence-corrected chi connectivity index (χ3v) is 10.4. The summed E-state index contributed by atoms with van der Waals surface area (Å²) >= 11 is 7.69. The SMILES string of the molecule is C[C@@H]1COc2c(Cl)c(-c3ccc(F)c4sc(N)c(C#N)c34)c(F)c3nc(OC[C@@]45CCCN4C[C@H](F)C5)nc(c23)N1CC(F)F. The number of nitriles is 1. The number of nitrogen functional groups attached to an aromatic ring is 1. The lowest BCUT2D eigenvalue weighted by Gasteiger charge is -2.31. The number of alkyl halides is 3. The molecule has 3 aliphatic heterocycles. The topological polar surface area (TPSA) is 101 Å². The zero-order valence-corrected chi connectivity index (χ0v) is 25.4. The summed E-state index contributed by atoms with van der Waals surface area (Å²) in [4.78, 5) is 12.2. The fourth-order valence-corrected chi connectivity index (χ4v) is 8.24. The minimum atomic E-state index is -2.77. The van der Waals surface area contributed by atoms with E-state index in [1.54, 1.807) is 6.92 Å². The van der Waals surface area contributed by atoms with Crippen LogP contribution in [0.1, 0.15) is 31.7 Å². The van der Waals surface area contributed by atoms with Gasteiger partial charge in [-0.25, -0.2) is 22.0 Å². The fourth-order valence-electron chi connectivity index (χ4n) is 6.95. The molecule has 0 bridgehead atoms. The molecule has 45 heavy (non-hydrogen) atoms. The van der Waals surface area contributed by atoms with E-state index in [9.17, 15) is 22.8 Å². The molecule has 0 radical (unpaired) electrons. The molecule has 5 heterocycles. The first kappa shape index (κ1) is 30.0. The third kappa shape index (κ3) is 4.70. The standard InChI is InChI=1S/C30H26ClF5N6O2S/c1-13-11-43-25-21-24(23(36)20(22(25)31)15-3-4-17(33)26-19(15)16(8-37)27(38)45-26)39-29(40-28(21)42(13)10-18(34)35)44-12-30-5-2-6-41(30)9-14(32)7-30/h3-4,13-14,18H,2,5-7,9-12,38H2,1H3/t13-,14-,30+/m1/s1. The summed E-state index contributed by atoms with van der Waals surface area (Å²) in [6.45, 7) is 1.83. The van der Waals surface area contributed by atoms with Crippen molar-refractivity contribution in [1.82, 2.24) is 14.9 Å². The van der Waals surface area contributed by atoms with E-state index < -0.39 is 42.4 Å². The van der Waals surface area contributed by atoms with Gasteiger partial charge in [-0.1, -0.05) is 17.7 Å². The molecule has 0 saturated carbocycles. The second kappa shape index (κ2) is 11.0. The van der Waals surface area contributed by atoms with Gasteiger partial charge in [0.1, 0.15) is 47.6 Å². The van der Waals surface area contributed by atoms with Crippen molar-refractivity contribution in [2.75, 3.05) is 43.5 Å². The van der Waals surface area contributed by atoms with E-state index in [1.165, 1.54) is 11.0 Å². The number of aromatic nitrogens is 2. The van der Waals surface area contributed by atoms with E-state index in [0.29, 0.717) is 13.0 Å². The van der Waals surface area contributed by atoms with Gasteiger partial charge in [-0.05, 0) is 37.9 Å². The molecule has 7 rings (SSSR count). The van der Waals surface area contributed by atoms with Crippen LogP contribution in [0.2, 0.25) is 5.02 Å². The summed E-state index contributed by atoms with van der Waals surface area (Å²) in [5.74, 6) is -1.74. The average molecular weight is 665 g/mol. The van der Waals surface area contributed by atoms with Crippen LogP contribution in [0.4, 0.5) is 32.8 Å². The molecule has 2 aromatic heterocycles. The summed E-state index contributed by atoms with van der Waals surface area (Å²) in [6, 6.07) is 3.44. The van der Waals surface area contributed by atoms with Crippen LogP contribution in [0.25, 0.3) is 32.1 Å². The van der Waals surface area contributed by atoms with Crippen LogP contribution in [-0.4, -0.2) is 71.9 Å². The van der Waals surface area contributed by atoms with Gasteiger partial charge in [-0.3, -0.25) is 4.90 Å². The van der Waals surface area contributed by atoms with Gasteiger partial charge in [0, 0.05) is 23.9 Å². The molecule has 236 valence electrons. The van der Waals surface area contributed by atoms with Crippen LogP contribution >= 0.6 is 22.9 Å². The van der Waals surface area contributed by atoms with Crippen molar-refractivity contribution < 1.29 is 31.4 Å². The van der Waals surface area contributed by atoms with Crippen LogP contribution < -0.4 is 20.1 Å². The maximum Gasteiger partial charge on any atom is 0.319 e. The van der Waals surface area contributed by atoms with Gasteiger partial charge in [0.15, 0.2) is 11.6 Å². The van der Waals surface area contributed by atoms with Gasteiger partial charge in [0.25, 0.3) is 6.43 Å². The van der Waals surface area contributed by atoms with Crippen molar-refractivity contribution in [2.45, 2.75) is 50.4 Å². The number of benzene rings is 2. The lowest BCUT2D eigenvalue weighted by Crippen LogP contribution is -2.43. The highest BCUT2D eigenvalue weighted by Gasteiger charge is 2.49. The third-order valence-electron chi connectivity index (χ3n) is 8.98. The van der Waals surface area contributed by atoms with E-state index in [1.807, 2.05) is 11.0 Å². The number of anilines is 2. The molecule has 2 aromatic carbocycles. The first-order valence-corrected chi connectivity index (χ1v) is 15.6. The molecule has 0 aliphatic carbocycles. The predicted octanol–water partition coefficient (Wildman–Crippen LogP) is 6.70. The highest BCUT2D eigenvalue weighted by atomic mass is 35.5. The number of hydrogen-bond donors (Lipinski definition) is 1. The summed E-state index contributed by atoms with van der Waals surface area (Å²) < 4.78 is 86.0. The van der Waals surface area contributed by atoms with Gasteiger partial charge in [-0.2, -0.15) is 15.2 Å². The minimum Gasteiger partial charge on any atom is -0.489 e. The number of ether oxygens (including phenoxy) is 2. The number of nitrogens with two attached hydrogens (primary N) is 1. The Morgan fingerprint density at radius 1 is 1.29 bits per heavy atom. The molecule has 8 nitrogen and oxygen atoms in total. The lowest BCUT2D eigenvalue weighted by atomic mass is 9.95. The van der Waals surface area contributed by atoms with E-state index >= 15 is 4.39 Å². The predicted molar refractivity (Wildman–Crippen MR) is 161 cm³/mol. The molecule has 3 atom stereocenters. The van der Waals surface area contributed by atoms with Crippen molar-refractivity contribution >= 4 is 54.7 Å². The summed E-state index contributed by atoms with van der Waals surface area (Å²) in [7, 11) is 0. The van der Waals surface area contributed by atoms with E-state index in [4.69, 9.17) is 26.8 Å². The minimum absolute atomic E-state index is 0.0203. The van der Waals surface area contributed by atoms with Gasteiger partial charge < -0.3 is 20.1 Å². The Morgan fingerprint density at radius 2 is 2.09 bits per heavy atom. The van der Waals surface area contributed by atoms with Crippen LogP contribution in [0.5, 0.6) is 11.8 Å². The maximum absolute atomic E-state index is 16.9. The Morgan fingerprint density at radius 3 is 2.84 bits per heavy atom. The molecule has 3 aliphatic rings. The number of hydrogen-bond acceptors (Lipinski definition) is 9. The summed E-state index contributed by atoms with van der Waals surface area (Å²) in [6.07, 6.45) is -1.97. The fraction of sp³-hybridized carbons (Fsp3) is 0.433. The second-order valence-electron chi connectivity index (χ2n) is 11.7. The first-order valence-electron chi connectivity index (χ1n) is 14.4. The van der Waals surface area contributed by atoms with E-state index in [0.717, 1.165) is 23.8 Å². The average Bonchev–Trinajstić information content (AvgIpc) is 3.61. The first-order chi connectivity index (χ1) is 21.5. The molecule has 0 amide bonds. The Hall–Kier alpha value is -3.67. The van der Waals surface area contributed by atoms with Crippen LogP contribution in [0.3, 0.4) is 0 Å². The molecule has 2 N–H and O–H groups in total.